The topological polar surface area (TPSA) is 77.6 Å². The SMILES string of the molecule is COC1(c2noc(C3COCCC3O)n2)CCC1. The maximum Gasteiger partial charge on any atom is 0.234 e. The molecule has 100 valence electrons. The molecule has 0 radical (unpaired) electrons. The second-order valence-corrected chi connectivity index (χ2v) is 5.05. The summed E-state index contributed by atoms with van der Waals surface area (Å²) in [7, 11) is 1.67. The van der Waals surface area contributed by atoms with Crippen molar-refractivity contribution < 1.29 is 19.1 Å². The molecule has 0 amide bonds. The molecular weight excluding hydrogens is 236 g/mol. The van der Waals surface area contributed by atoms with Crippen molar-refractivity contribution >= 4 is 0 Å². The van der Waals surface area contributed by atoms with Crippen LogP contribution in [0.25, 0.3) is 0 Å². The van der Waals surface area contributed by atoms with Crippen LogP contribution in [0.2, 0.25) is 0 Å². The third-order valence-corrected chi connectivity index (χ3v) is 4.04. The molecule has 6 heteroatoms. The molecule has 1 aliphatic heterocycles. The lowest BCUT2D eigenvalue weighted by molar-refractivity contribution is -0.0858. The summed E-state index contributed by atoms with van der Waals surface area (Å²) in [6, 6.07) is 0. The quantitative estimate of drug-likeness (QED) is 0.865. The Kier molecular flexibility index (Phi) is 3.09. The zero-order valence-electron chi connectivity index (χ0n) is 10.5. The van der Waals surface area contributed by atoms with Crippen molar-refractivity contribution in [2.75, 3.05) is 20.3 Å². The molecule has 0 spiro atoms. The van der Waals surface area contributed by atoms with Crippen LogP contribution in [0.15, 0.2) is 4.52 Å². The predicted molar refractivity (Wildman–Crippen MR) is 61.0 cm³/mol. The number of aliphatic hydroxyl groups excluding tert-OH is 1. The summed E-state index contributed by atoms with van der Waals surface area (Å²) in [6.45, 7) is 1.02. The van der Waals surface area contributed by atoms with Gasteiger partial charge in [0.15, 0.2) is 0 Å². The molecule has 2 heterocycles. The second kappa shape index (κ2) is 4.60. The number of ether oxygens (including phenoxy) is 2. The lowest BCUT2D eigenvalue weighted by Gasteiger charge is -2.37. The monoisotopic (exact) mass is 254 g/mol. The van der Waals surface area contributed by atoms with Crippen LogP contribution >= 0.6 is 0 Å². The van der Waals surface area contributed by atoms with E-state index in [1.807, 2.05) is 0 Å². The van der Waals surface area contributed by atoms with E-state index in [2.05, 4.69) is 10.1 Å². The van der Waals surface area contributed by atoms with Gasteiger partial charge in [0.1, 0.15) is 5.60 Å². The minimum Gasteiger partial charge on any atom is -0.392 e. The van der Waals surface area contributed by atoms with Gasteiger partial charge in [-0.15, -0.1) is 0 Å². The lowest BCUT2D eigenvalue weighted by Crippen LogP contribution is -2.37. The van der Waals surface area contributed by atoms with Crippen LogP contribution < -0.4 is 0 Å². The highest BCUT2D eigenvalue weighted by Crippen LogP contribution is 2.43. The molecule has 1 N–H and O–H groups in total. The Labute approximate surface area is 105 Å². The van der Waals surface area contributed by atoms with Crippen molar-refractivity contribution in [1.29, 1.82) is 0 Å². The molecule has 1 saturated carbocycles. The highest BCUT2D eigenvalue weighted by molar-refractivity contribution is 5.09. The van der Waals surface area contributed by atoms with Crippen molar-refractivity contribution in [3.8, 4) is 0 Å². The van der Waals surface area contributed by atoms with Crippen molar-refractivity contribution in [2.24, 2.45) is 0 Å². The van der Waals surface area contributed by atoms with Crippen LogP contribution in [-0.2, 0) is 15.1 Å². The fraction of sp³-hybridized carbons (Fsp3) is 0.833. The molecule has 2 unspecified atom stereocenters. The summed E-state index contributed by atoms with van der Waals surface area (Å²) in [5.74, 6) is 0.846. The Morgan fingerprint density at radius 2 is 2.28 bits per heavy atom. The molecule has 1 saturated heterocycles. The molecule has 1 aromatic heterocycles. The molecule has 1 aromatic rings. The van der Waals surface area contributed by atoms with Gasteiger partial charge in [0.05, 0.1) is 18.6 Å². The fourth-order valence-electron chi connectivity index (χ4n) is 2.55. The van der Waals surface area contributed by atoms with Gasteiger partial charge >= 0.3 is 0 Å². The third-order valence-electron chi connectivity index (χ3n) is 4.04. The van der Waals surface area contributed by atoms with Gasteiger partial charge in [0, 0.05) is 13.7 Å². The van der Waals surface area contributed by atoms with Crippen LogP contribution in [0.1, 0.15) is 43.3 Å². The summed E-state index contributed by atoms with van der Waals surface area (Å²) < 4.78 is 16.1. The van der Waals surface area contributed by atoms with Gasteiger partial charge in [0.25, 0.3) is 0 Å². The first-order chi connectivity index (χ1) is 8.75. The number of methoxy groups -OCH3 is 1. The molecule has 0 bridgehead atoms. The van der Waals surface area contributed by atoms with E-state index >= 15 is 0 Å². The van der Waals surface area contributed by atoms with Crippen LogP contribution in [0, 0.1) is 0 Å². The first-order valence-electron chi connectivity index (χ1n) is 6.40. The van der Waals surface area contributed by atoms with E-state index in [1.165, 1.54) is 0 Å². The van der Waals surface area contributed by atoms with E-state index in [-0.39, 0.29) is 11.5 Å². The van der Waals surface area contributed by atoms with Gasteiger partial charge in [-0.1, -0.05) is 5.16 Å². The van der Waals surface area contributed by atoms with Gasteiger partial charge in [0.2, 0.25) is 11.7 Å². The van der Waals surface area contributed by atoms with Crippen molar-refractivity contribution in [3.05, 3.63) is 11.7 Å². The first kappa shape index (κ1) is 12.1. The molecule has 1 aliphatic carbocycles. The molecule has 2 fully saturated rings. The number of hydrogen-bond acceptors (Lipinski definition) is 6. The summed E-state index contributed by atoms with van der Waals surface area (Å²) in [5.41, 5.74) is -0.373. The van der Waals surface area contributed by atoms with Crippen molar-refractivity contribution in [2.45, 2.75) is 43.3 Å². The lowest BCUT2D eigenvalue weighted by atomic mass is 9.79. The van der Waals surface area contributed by atoms with Crippen LogP contribution in [0.4, 0.5) is 0 Å². The Balaban J connectivity index is 1.80. The molecule has 18 heavy (non-hydrogen) atoms. The highest BCUT2D eigenvalue weighted by atomic mass is 16.5. The molecule has 0 aromatic carbocycles. The number of aromatic nitrogens is 2. The molecule has 2 atom stereocenters. The summed E-state index contributed by atoms with van der Waals surface area (Å²) in [4.78, 5) is 4.41. The minimum absolute atomic E-state index is 0.214. The Morgan fingerprint density at radius 3 is 2.89 bits per heavy atom. The average molecular weight is 254 g/mol. The maximum absolute atomic E-state index is 9.92. The first-order valence-corrected chi connectivity index (χ1v) is 6.40. The summed E-state index contributed by atoms with van der Waals surface area (Å²) in [5, 5.41) is 13.9. The zero-order valence-corrected chi connectivity index (χ0v) is 10.5. The molecule has 3 rings (SSSR count). The predicted octanol–water partition coefficient (Wildman–Crippen LogP) is 0.960. The van der Waals surface area contributed by atoms with Gasteiger partial charge in [-0.3, -0.25) is 0 Å². The Morgan fingerprint density at radius 1 is 1.44 bits per heavy atom. The average Bonchev–Trinajstić information content (AvgIpc) is 2.79. The summed E-state index contributed by atoms with van der Waals surface area (Å²) in [6.07, 6.45) is 3.11. The number of hydrogen-bond donors (Lipinski definition) is 1. The van der Waals surface area contributed by atoms with E-state index < -0.39 is 6.10 Å². The van der Waals surface area contributed by atoms with Gasteiger partial charge < -0.3 is 19.1 Å². The van der Waals surface area contributed by atoms with Gasteiger partial charge in [-0.25, -0.2) is 0 Å². The van der Waals surface area contributed by atoms with E-state index in [0.29, 0.717) is 31.3 Å². The fourth-order valence-corrected chi connectivity index (χ4v) is 2.55. The largest absolute Gasteiger partial charge is 0.392 e. The smallest absolute Gasteiger partial charge is 0.234 e. The third kappa shape index (κ3) is 1.84. The minimum atomic E-state index is -0.466. The van der Waals surface area contributed by atoms with Crippen LogP contribution in [0.3, 0.4) is 0 Å². The van der Waals surface area contributed by atoms with E-state index in [4.69, 9.17) is 14.0 Å². The number of aliphatic hydroxyl groups is 1. The van der Waals surface area contributed by atoms with Crippen LogP contribution in [-0.4, -0.2) is 41.7 Å². The van der Waals surface area contributed by atoms with E-state index in [9.17, 15) is 5.11 Å². The van der Waals surface area contributed by atoms with E-state index in [0.717, 1.165) is 19.3 Å². The van der Waals surface area contributed by atoms with Gasteiger partial charge in [-0.05, 0) is 25.7 Å². The standard InChI is InChI=1S/C12H18N2O4/c1-16-12(4-2-5-12)11-13-10(18-14-11)8-7-17-6-3-9(8)15/h8-9,15H,2-7H2,1H3. The maximum atomic E-state index is 9.92. The van der Waals surface area contributed by atoms with Gasteiger partial charge in [-0.2, -0.15) is 4.98 Å². The zero-order chi connectivity index (χ0) is 12.6. The van der Waals surface area contributed by atoms with Crippen molar-refractivity contribution in [3.63, 3.8) is 0 Å². The van der Waals surface area contributed by atoms with Crippen LogP contribution in [0.5, 0.6) is 0 Å². The molecule has 2 aliphatic rings. The summed E-state index contributed by atoms with van der Waals surface area (Å²) >= 11 is 0. The number of nitrogens with zero attached hydrogens (tertiary/aromatic N) is 2. The Bertz CT molecular complexity index is 410. The second-order valence-electron chi connectivity index (χ2n) is 5.05. The van der Waals surface area contributed by atoms with E-state index in [1.54, 1.807) is 7.11 Å². The normalized spacial score (nSPS) is 31.0. The van der Waals surface area contributed by atoms with Crippen molar-refractivity contribution in [1.82, 2.24) is 10.1 Å². The molecular formula is C12H18N2O4. The molecule has 6 nitrogen and oxygen atoms in total. The number of rotatable bonds is 3. The Hall–Kier alpha value is -0.980. The highest BCUT2D eigenvalue weighted by Gasteiger charge is 2.44.